The van der Waals surface area contributed by atoms with Crippen LogP contribution in [0.4, 0.5) is 5.82 Å². The molecule has 0 spiro atoms. The monoisotopic (exact) mass is 188 g/mol. The number of hydrogen-bond acceptors (Lipinski definition) is 4. The van der Waals surface area contributed by atoms with Gasteiger partial charge in [0.1, 0.15) is 6.07 Å². The molecule has 14 heavy (non-hydrogen) atoms. The highest BCUT2D eigenvalue weighted by atomic mass is 15.1. The van der Waals surface area contributed by atoms with E-state index in [0.29, 0.717) is 23.0 Å². The summed E-state index contributed by atoms with van der Waals surface area (Å²) >= 11 is 0. The first-order chi connectivity index (χ1) is 6.63. The summed E-state index contributed by atoms with van der Waals surface area (Å²) in [6, 6.07) is 2.44. The Morgan fingerprint density at radius 3 is 2.71 bits per heavy atom. The van der Waals surface area contributed by atoms with E-state index in [2.05, 4.69) is 29.1 Å². The summed E-state index contributed by atoms with van der Waals surface area (Å²) < 4.78 is 0. The first kappa shape index (κ1) is 8.95. The van der Waals surface area contributed by atoms with Gasteiger partial charge in [0, 0.05) is 18.4 Å². The van der Waals surface area contributed by atoms with Crippen molar-refractivity contribution in [3.8, 4) is 6.07 Å². The number of hydrogen-bond donors (Lipinski definition) is 1. The van der Waals surface area contributed by atoms with E-state index >= 15 is 0 Å². The Morgan fingerprint density at radius 2 is 2.14 bits per heavy atom. The lowest BCUT2D eigenvalue weighted by atomic mass is 10.2. The molecule has 1 aromatic heterocycles. The standard InChI is InChI=1S/C10H12N4/c1-10(2)5-8(10)14-9-7(6-11)12-3-4-13-9/h3-4,8H,5H2,1-2H3,(H,13,14). The molecular formula is C10H12N4. The van der Waals surface area contributed by atoms with Crippen molar-refractivity contribution >= 4 is 5.82 Å². The first-order valence-corrected chi connectivity index (χ1v) is 4.61. The van der Waals surface area contributed by atoms with Crippen LogP contribution in [0.1, 0.15) is 26.0 Å². The van der Waals surface area contributed by atoms with E-state index in [1.54, 1.807) is 6.20 Å². The van der Waals surface area contributed by atoms with Crippen LogP contribution in [0, 0.1) is 16.7 Å². The van der Waals surface area contributed by atoms with Crippen LogP contribution in [0.5, 0.6) is 0 Å². The molecule has 1 saturated carbocycles. The second-order valence-electron chi connectivity index (χ2n) is 4.25. The normalized spacial score (nSPS) is 22.5. The Balaban J connectivity index is 2.15. The average molecular weight is 188 g/mol. The molecule has 0 bridgehead atoms. The van der Waals surface area contributed by atoms with Gasteiger partial charge in [-0.25, -0.2) is 9.97 Å². The third-order valence-electron chi connectivity index (χ3n) is 2.63. The third kappa shape index (κ3) is 1.53. The first-order valence-electron chi connectivity index (χ1n) is 4.61. The molecule has 0 aliphatic heterocycles. The van der Waals surface area contributed by atoms with Crippen LogP contribution in [0.15, 0.2) is 12.4 Å². The van der Waals surface area contributed by atoms with Crippen molar-refractivity contribution in [3.63, 3.8) is 0 Å². The average Bonchev–Trinajstić information content (AvgIpc) is 2.75. The predicted molar refractivity (Wildman–Crippen MR) is 52.6 cm³/mol. The SMILES string of the molecule is CC1(C)CC1Nc1nccnc1C#N. The molecule has 1 unspecified atom stereocenters. The van der Waals surface area contributed by atoms with Gasteiger partial charge in [0.25, 0.3) is 0 Å². The Labute approximate surface area is 83.0 Å². The molecule has 1 fully saturated rings. The topological polar surface area (TPSA) is 61.6 Å². The summed E-state index contributed by atoms with van der Waals surface area (Å²) in [6.45, 7) is 4.38. The maximum atomic E-state index is 8.79. The van der Waals surface area contributed by atoms with Crippen molar-refractivity contribution in [1.29, 1.82) is 5.26 Å². The minimum atomic E-state index is 0.324. The van der Waals surface area contributed by atoms with E-state index in [1.807, 2.05) is 6.07 Å². The third-order valence-corrected chi connectivity index (χ3v) is 2.63. The molecule has 0 saturated heterocycles. The van der Waals surface area contributed by atoms with Crippen molar-refractivity contribution in [2.75, 3.05) is 5.32 Å². The van der Waals surface area contributed by atoms with Crippen LogP contribution in [0.3, 0.4) is 0 Å². The molecule has 2 rings (SSSR count). The van der Waals surface area contributed by atoms with Crippen LogP contribution >= 0.6 is 0 Å². The number of nitrogens with one attached hydrogen (secondary N) is 1. The maximum Gasteiger partial charge on any atom is 0.182 e. The van der Waals surface area contributed by atoms with Crippen molar-refractivity contribution in [2.45, 2.75) is 26.3 Å². The van der Waals surface area contributed by atoms with Gasteiger partial charge in [-0.3, -0.25) is 0 Å². The summed E-state index contributed by atoms with van der Waals surface area (Å²) in [5.74, 6) is 0.602. The molecule has 0 radical (unpaired) electrons. The van der Waals surface area contributed by atoms with Gasteiger partial charge in [0.2, 0.25) is 0 Å². The van der Waals surface area contributed by atoms with E-state index in [9.17, 15) is 0 Å². The molecule has 1 atom stereocenters. The van der Waals surface area contributed by atoms with Gasteiger partial charge in [-0.05, 0) is 11.8 Å². The van der Waals surface area contributed by atoms with E-state index in [-0.39, 0.29) is 0 Å². The fourth-order valence-electron chi connectivity index (χ4n) is 1.40. The molecule has 1 heterocycles. The van der Waals surface area contributed by atoms with Crippen LogP contribution in [0.25, 0.3) is 0 Å². The maximum absolute atomic E-state index is 8.79. The zero-order valence-electron chi connectivity index (χ0n) is 8.28. The molecule has 72 valence electrons. The molecule has 1 aromatic rings. The van der Waals surface area contributed by atoms with Crippen molar-refractivity contribution in [3.05, 3.63) is 18.1 Å². The number of aromatic nitrogens is 2. The highest BCUT2D eigenvalue weighted by Crippen LogP contribution is 2.46. The Hall–Kier alpha value is -1.63. The van der Waals surface area contributed by atoms with Crippen LogP contribution < -0.4 is 5.32 Å². The minimum absolute atomic E-state index is 0.324. The van der Waals surface area contributed by atoms with Gasteiger partial charge in [-0.2, -0.15) is 5.26 Å². The largest absolute Gasteiger partial charge is 0.364 e. The summed E-state index contributed by atoms with van der Waals surface area (Å²) in [5.41, 5.74) is 0.694. The second-order valence-corrected chi connectivity index (χ2v) is 4.25. The lowest BCUT2D eigenvalue weighted by molar-refractivity contribution is 0.629. The van der Waals surface area contributed by atoms with Crippen molar-refractivity contribution < 1.29 is 0 Å². The van der Waals surface area contributed by atoms with Crippen molar-refractivity contribution in [1.82, 2.24) is 9.97 Å². The van der Waals surface area contributed by atoms with Gasteiger partial charge >= 0.3 is 0 Å². The highest BCUT2D eigenvalue weighted by Gasteiger charge is 2.46. The molecular weight excluding hydrogens is 176 g/mol. The van der Waals surface area contributed by atoms with Crippen LogP contribution in [-0.4, -0.2) is 16.0 Å². The predicted octanol–water partition coefficient (Wildman–Crippen LogP) is 1.56. The Bertz CT molecular complexity index is 391. The quantitative estimate of drug-likeness (QED) is 0.765. The second kappa shape index (κ2) is 2.95. The summed E-state index contributed by atoms with van der Waals surface area (Å²) in [4.78, 5) is 8.04. The summed E-state index contributed by atoms with van der Waals surface area (Å²) in [6.07, 6.45) is 4.24. The Morgan fingerprint density at radius 1 is 1.50 bits per heavy atom. The van der Waals surface area contributed by atoms with E-state index in [0.717, 1.165) is 6.42 Å². The molecule has 0 aromatic carbocycles. The van der Waals surface area contributed by atoms with Crippen LogP contribution in [-0.2, 0) is 0 Å². The smallest absolute Gasteiger partial charge is 0.182 e. The lowest BCUT2D eigenvalue weighted by Gasteiger charge is -2.07. The summed E-state index contributed by atoms with van der Waals surface area (Å²) in [7, 11) is 0. The zero-order valence-corrected chi connectivity index (χ0v) is 8.28. The van der Waals surface area contributed by atoms with E-state index in [4.69, 9.17) is 5.26 Å². The van der Waals surface area contributed by atoms with Gasteiger partial charge < -0.3 is 5.32 Å². The van der Waals surface area contributed by atoms with Gasteiger partial charge in [0.05, 0.1) is 0 Å². The number of nitriles is 1. The molecule has 1 N–H and O–H groups in total. The minimum Gasteiger partial charge on any atom is -0.364 e. The Kier molecular flexibility index (Phi) is 1.88. The van der Waals surface area contributed by atoms with Gasteiger partial charge in [-0.15, -0.1) is 0 Å². The highest BCUT2D eigenvalue weighted by molar-refractivity contribution is 5.49. The number of rotatable bonds is 2. The van der Waals surface area contributed by atoms with Crippen LogP contribution in [0.2, 0.25) is 0 Å². The molecule has 0 amide bonds. The summed E-state index contributed by atoms with van der Waals surface area (Å²) in [5, 5.41) is 12.0. The molecule has 4 nitrogen and oxygen atoms in total. The molecule has 1 aliphatic carbocycles. The van der Waals surface area contributed by atoms with Gasteiger partial charge in [0.15, 0.2) is 11.5 Å². The van der Waals surface area contributed by atoms with Crippen molar-refractivity contribution in [2.24, 2.45) is 5.41 Å². The molecule has 1 aliphatic rings. The zero-order chi connectivity index (χ0) is 10.2. The van der Waals surface area contributed by atoms with Gasteiger partial charge in [-0.1, -0.05) is 13.8 Å². The molecule has 4 heteroatoms. The van der Waals surface area contributed by atoms with E-state index in [1.165, 1.54) is 6.20 Å². The fourth-order valence-corrected chi connectivity index (χ4v) is 1.40. The number of anilines is 1. The lowest BCUT2D eigenvalue weighted by Crippen LogP contribution is -2.11. The van der Waals surface area contributed by atoms with E-state index < -0.39 is 0 Å². The fraction of sp³-hybridized carbons (Fsp3) is 0.500. The number of nitrogens with zero attached hydrogens (tertiary/aromatic N) is 3.